The number of hydrogen-bond acceptors (Lipinski definition) is 4. The lowest BCUT2D eigenvalue weighted by atomic mass is 9.75. The van der Waals surface area contributed by atoms with Crippen molar-refractivity contribution in [2.75, 3.05) is 0 Å². The third kappa shape index (κ3) is 3.00. The number of amides is 1. The number of nitrogens with zero attached hydrogens (tertiary/aromatic N) is 3. The lowest BCUT2D eigenvalue weighted by Gasteiger charge is -2.38. The zero-order chi connectivity index (χ0) is 17.4. The Labute approximate surface area is 145 Å². The van der Waals surface area contributed by atoms with Gasteiger partial charge >= 0.3 is 0 Å². The summed E-state index contributed by atoms with van der Waals surface area (Å²) < 4.78 is 1.56. The predicted molar refractivity (Wildman–Crippen MR) is 93.9 cm³/mol. The van der Waals surface area contributed by atoms with Gasteiger partial charge in [0.15, 0.2) is 0 Å². The molecule has 1 aliphatic carbocycles. The highest BCUT2D eigenvalue weighted by Crippen LogP contribution is 2.38. The summed E-state index contributed by atoms with van der Waals surface area (Å²) in [6.07, 6.45) is 4.51. The molecule has 0 bridgehead atoms. The Hall–Kier alpha value is -2.73. The number of para-hydroxylation sites is 1. The molecule has 0 spiro atoms. The van der Waals surface area contributed by atoms with Crippen LogP contribution in [0, 0.1) is 5.92 Å². The van der Waals surface area contributed by atoms with E-state index in [1.54, 1.807) is 24.0 Å². The number of aryl methyl sites for hydroxylation is 1. The van der Waals surface area contributed by atoms with Crippen molar-refractivity contribution in [3.8, 4) is 0 Å². The summed E-state index contributed by atoms with van der Waals surface area (Å²) in [6, 6.07) is 11.5. The quantitative estimate of drug-likeness (QED) is 0.765. The van der Waals surface area contributed by atoms with E-state index in [1.807, 2.05) is 30.5 Å². The summed E-state index contributed by atoms with van der Waals surface area (Å²) in [7, 11) is 1.74. The highest BCUT2D eigenvalue weighted by Gasteiger charge is 2.36. The van der Waals surface area contributed by atoms with Gasteiger partial charge in [0.25, 0.3) is 5.91 Å². The standard InChI is InChI=1S/C19H20N4O2/c1-23-17(6-7-21-23)19(25)22-18(13-9-15(24)10-13)14-8-12-4-2-3-5-16(12)20-11-14/h2-8,11,13,15,18,24H,9-10H2,1H3,(H,22,25)/t13?,15?,18-/m0/s1. The van der Waals surface area contributed by atoms with E-state index in [2.05, 4.69) is 21.5 Å². The second-order valence-corrected chi connectivity index (χ2v) is 6.64. The SMILES string of the molecule is Cn1nccc1C(=O)N[C@H](c1cnc2ccccc2c1)C1CC(O)C1. The van der Waals surface area contributed by atoms with Crippen molar-refractivity contribution in [3.05, 3.63) is 60.0 Å². The summed E-state index contributed by atoms with van der Waals surface area (Å²) in [4.78, 5) is 17.2. The highest BCUT2D eigenvalue weighted by molar-refractivity contribution is 5.92. The number of carbonyl (C=O) groups is 1. The van der Waals surface area contributed by atoms with Gasteiger partial charge in [0.05, 0.1) is 17.7 Å². The van der Waals surface area contributed by atoms with Crippen LogP contribution in [-0.4, -0.2) is 31.9 Å². The van der Waals surface area contributed by atoms with E-state index in [-0.39, 0.29) is 24.0 Å². The van der Waals surface area contributed by atoms with E-state index in [9.17, 15) is 9.90 Å². The highest BCUT2D eigenvalue weighted by atomic mass is 16.3. The van der Waals surface area contributed by atoms with Crippen molar-refractivity contribution in [2.45, 2.75) is 25.0 Å². The average molecular weight is 336 g/mol. The first kappa shape index (κ1) is 15.8. The van der Waals surface area contributed by atoms with Gasteiger partial charge in [-0.1, -0.05) is 18.2 Å². The fraction of sp³-hybridized carbons (Fsp3) is 0.316. The molecule has 3 aromatic rings. The van der Waals surface area contributed by atoms with Gasteiger partial charge in [-0.15, -0.1) is 0 Å². The Bertz CT molecular complexity index is 914. The average Bonchev–Trinajstić information content (AvgIpc) is 3.03. The molecule has 1 saturated carbocycles. The molecule has 4 rings (SSSR count). The van der Waals surface area contributed by atoms with Crippen molar-refractivity contribution in [2.24, 2.45) is 13.0 Å². The van der Waals surface area contributed by atoms with Gasteiger partial charge in [0, 0.05) is 24.8 Å². The van der Waals surface area contributed by atoms with Gasteiger partial charge in [-0.05, 0) is 42.5 Å². The third-order valence-electron chi connectivity index (χ3n) is 4.93. The number of fused-ring (bicyclic) bond motifs is 1. The Morgan fingerprint density at radius 2 is 2.12 bits per heavy atom. The van der Waals surface area contributed by atoms with Crippen LogP contribution < -0.4 is 5.32 Å². The molecule has 25 heavy (non-hydrogen) atoms. The smallest absolute Gasteiger partial charge is 0.270 e. The molecule has 2 aromatic heterocycles. The number of aliphatic hydroxyl groups excluding tert-OH is 1. The molecule has 1 fully saturated rings. The lowest BCUT2D eigenvalue weighted by molar-refractivity contribution is 0.0234. The zero-order valence-electron chi connectivity index (χ0n) is 14.0. The minimum atomic E-state index is -0.283. The van der Waals surface area contributed by atoms with Crippen LogP contribution in [-0.2, 0) is 7.05 Å². The number of carbonyl (C=O) groups excluding carboxylic acids is 1. The Balaban J connectivity index is 1.65. The second kappa shape index (κ2) is 6.29. The van der Waals surface area contributed by atoms with E-state index in [0.717, 1.165) is 16.5 Å². The summed E-state index contributed by atoms with van der Waals surface area (Å²) in [5.41, 5.74) is 2.40. The van der Waals surface area contributed by atoms with Crippen molar-refractivity contribution in [3.63, 3.8) is 0 Å². The minimum Gasteiger partial charge on any atom is -0.393 e. The molecular formula is C19H20N4O2. The van der Waals surface area contributed by atoms with Gasteiger partial charge in [-0.25, -0.2) is 0 Å². The van der Waals surface area contributed by atoms with E-state index < -0.39 is 0 Å². The molecule has 0 unspecified atom stereocenters. The zero-order valence-corrected chi connectivity index (χ0v) is 14.0. The number of benzene rings is 1. The number of aliphatic hydroxyl groups is 1. The normalized spacial score (nSPS) is 20.9. The molecule has 2 N–H and O–H groups in total. The number of aromatic nitrogens is 3. The molecule has 0 saturated heterocycles. The lowest BCUT2D eigenvalue weighted by Crippen LogP contribution is -2.41. The Kier molecular flexibility index (Phi) is 3.97. The van der Waals surface area contributed by atoms with Crippen molar-refractivity contribution >= 4 is 16.8 Å². The molecule has 1 aromatic carbocycles. The topological polar surface area (TPSA) is 80.0 Å². The van der Waals surface area contributed by atoms with Crippen LogP contribution in [0.1, 0.15) is 34.9 Å². The summed E-state index contributed by atoms with van der Waals surface area (Å²) in [5, 5.41) is 17.9. The number of hydrogen-bond donors (Lipinski definition) is 2. The molecule has 0 aliphatic heterocycles. The minimum absolute atomic E-state index is 0.167. The molecule has 128 valence electrons. The number of rotatable bonds is 4. The van der Waals surface area contributed by atoms with Gasteiger partial charge in [-0.3, -0.25) is 14.5 Å². The fourth-order valence-corrected chi connectivity index (χ4v) is 3.45. The Morgan fingerprint density at radius 3 is 2.84 bits per heavy atom. The van der Waals surface area contributed by atoms with Crippen LogP contribution in [0.25, 0.3) is 10.9 Å². The van der Waals surface area contributed by atoms with E-state index >= 15 is 0 Å². The first-order valence-corrected chi connectivity index (χ1v) is 8.43. The summed E-state index contributed by atoms with van der Waals surface area (Å²) in [6.45, 7) is 0. The van der Waals surface area contributed by atoms with Crippen molar-refractivity contribution in [1.82, 2.24) is 20.1 Å². The fourth-order valence-electron chi connectivity index (χ4n) is 3.45. The van der Waals surface area contributed by atoms with E-state index in [0.29, 0.717) is 18.5 Å². The number of nitrogens with one attached hydrogen (secondary N) is 1. The molecular weight excluding hydrogens is 316 g/mol. The van der Waals surface area contributed by atoms with Crippen LogP contribution in [0.2, 0.25) is 0 Å². The van der Waals surface area contributed by atoms with Crippen LogP contribution in [0.3, 0.4) is 0 Å². The molecule has 1 aliphatic rings. The van der Waals surface area contributed by atoms with Crippen molar-refractivity contribution < 1.29 is 9.90 Å². The number of pyridine rings is 1. The van der Waals surface area contributed by atoms with Gasteiger partial charge in [0.1, 0.15) is 5.69 Å². The first-order chi connectivity index (χ1) is 12.1. The maximum Gasteiger partial charge on any atom is 0.270 e. The largest absolute Gasteiger partial charge is 0.393 e. The molecule has 1 amide bonds. The molecule has 0 radical (unpaired) electrons. The first-order valence-electron chi connectivity index (χ1n) is 8.43. The predicted octanol–water partition coefficient (Wildman–Crippen LogP) is 2.21. The maximum absolute atomic E-state index is 12.6. The van der Waals surface area contributed by atoms with Crippen LogP contribution in [0.5, 0.6) is 0 Å². The summed E-state index contributed by atoms with van der Waals surface area (Å²) >= 11 is 0. The van der Waals surface area contributed by atoms with E-state index in [4.69, 9.17) is 0 Å². The molecule has 6 heteroatoms. The Morgan fingerprint density at radius 1 is 1.32 bits per heavy atom. The summed E-state index contributed by atoms with van der Waals surface area (Å²) in [5.74, 6) is 0.0367. The molecule has 1 atom stereocenters. The second-order valence-electron chi connectivity index (χ2n) is 6.64. The van der Waals surface area contributed by atoms with Crippen LogP contribution in [0.4, 0.5) is 0 Å². The maximum atomic E-state index is 12.6. The van der Waals surface area contributed by atoms with E-state index in [1.165, 1.54) is 0 Å². The monoisotopic (exact) mass is 336 g/mol. The van der Waals surface area contributed by atoms with Crippen molar-refractivity contribution in [1.29, 1.82) is 0 Å². The van der Waals surface area contributed by atoms with Crippen LogP contribution in [0.15, 0.2) is 48.8 Å². The molecule has 6 nitrogen and oxygen atoms in total. The van der Waals surface area contributed by atoms with Gasteiger partial charge in [0.2, 0.25) is 0 Å². The van der Waals surface area contributed by atoms with Gasteiger partial charge < -0.3 is 10.4 Å². The van der Waals surface area contributed by atoms with Crippen LogP contribution >= 0.6 is 0 Å². The molecule has 2 heterocycles. The van der Waals surface area contributed by atoms with Gasteiger partial charge in [-0.2, -0.15) is 5.10 Å². The third-order valence-corrected chi connectivity index (χ3v) is 4.93.